The lowest BCUT2D eigenvalue weighted by Gasteiger charge is -2.47. The maximum absolute atomic E-state index is 3.59. The molecule has 1 N–H and O–H groups in total. The van der Waals surface area contributed by atoms with Crippen LogP contribution in [0, 0.1) is 17.8 Å². The Hall–Kier alpha value is -0.0800. The van der Waals surface area contributed by atoms with Crippen molar-refractivity contribution in [3.05, 3.63) is 0 Å². The van der Waals surface area contributed by atoms with Crippen molar-refractivity contribution in [2.75, 3.05) is 19.6 Å². The van der Waals surface area contributed by atoms with Crippen LogP contribution in [0.1, 0.15) is 40.5 Å². The average molecular weight is 224 g/mol. The Bertz CT molecular complexity index is 229. The van der Waals surface area contributed by atoms with Crippen molar-refractivity contribution in [1.82, 2.24) is 10.2 Å². The quantitative estimate of drug-likeness (QED) is 0.735. The number of nitrogens with one attached hydrogen (secondary N) is 1. The Balaban J connectivity index is 2.00. The topological polar surface area (TPSA) is 15.3 Å². The Morgan fingerprint density at radius 2 is 1.69 bits per heavy atom. The zero-order chi connectivity index (χ0) is 11.7. The molecule has 16 heavy (non-hydrogen) atoms. The molecule has 0 saturated carbocycles. The van der Waals surface area contributed by atoms with Crippen LogP contribution in [0.4, 0.5) is 0 Å². The molecule has 2 fully saturated rings. The number of piperidine rings is 2. The van der Waals surface area contributed by atoms with Crippen molar-refractivity contribution in [2.24, 2.45) is 17.8 Å². The van der Waals surface area contributed by atoms with Gasteiger partial charge < -0.3 is 5.32 Å². The monoisotopic (exact) mass is 224 g/mol. The predicted molar refractivity (Wildman–Crippen MR) is 69.6 cm³/mol. The summed E-state index contributed by atoms with van der Waals surface area (Å²) in [6, 6.07) is 1.55. The fraction of sp³-hybridized carbons (Fsp3) is 1.00. The highest BCUT2D eigenvalue weighted by Crippen LogP contribution is 2.30. The second kappa shape index (κ2) is 5.05. The van der Waals surface area contributed by atoms with Crippen LogP contribution in [0.5, 0.6) is 0 Å². The second-order valence-electron chi connectivity index (χ2n) is 6.41. The second-order valence-corrected chi connectivity index (χ2v) is 6.41. The van der Waals surface area contributed by atoms with E-state index in [1.54, 1.807) is 0 Å². The van der Waals surface area contributed by atoms with E-state index in [2.05, 4.69) is 37.9 Å². The highest BCUT2D eigenvalue weighted by atomic mass is 15.2. The minimum atomic E-state index is 0.772. The van der Waals surface area contributed by atoms with Gasteiger partial charge in [0.25, 0.3) is 0 Å². The number of hydrogen-bond donors (Lipinski definition) is 1. The maximum Gasteiger partial charge on any atom is 0.0226 e. The van der Waals surface area contributed by atoms with Crippen molar-refractivity contribution in [2.45, 2.75) is 52.6 Å². The highest BCUT2D eigenvalue weighted by molar-refractivity contribution is 4.90. The van der Waals surface area contributed by atoms with Gasteiger partial charge in [0.1, 0.15) is 0 Å². The third kappa shape index (κ3) is 2.60. The summed E-state index contributed by atoms with van der Waals surface area (Å²) in [5, 5.41) is 3.59. The van der Waals surface area contributed by atoms with Gasteiger partial charge in [0.2, 0.25) is 0 Å². The molecule has 2 heteroatoms. The lowest BCUT2D eigenvalue weighted by molar-refractivity contribution is 0.0237. The molecule has 0 bridgehead atoms. The van der Waals surface area contributed by atoms with Crippen molar-refractivity contribution in [3.63, 3.8) is 0 Å². The van der Waals surface area contributed by atoms with Gasteiger partial charge in [-0.25, -0.2) is 0 Å². The normalized spacial score (nSPS) is 46.9. The molecule has 0 aromatic rings. The molecule has 0 radical (unpaired) electrons. The molecule has 0 aliphatic carbocycles. The molecule has 5 atom stereocenters. The van der Waals surface area contributed by atoms with Gasteiger partial charge >= 0.3 is 0 Å². The Kier molecular flexibility index (Phi) is 3.91. The molecule has 5 unspecified atom stereocenters. The lowest BCUT2D eigenvalue weighted by Crippen LogP contribution is -2.56. The van der Waals surface area contributed by atoms with E-state index in [0.29, 0.717) is 0 Å². The third-order valence-electron chi connectivity index (χ3n) is 4.66. The average Bonchev–Trinajstić information content (AvgIpc) is 2.23. The predicted octanol–water partition coefficient (Wildman–Crippen LogP) is 2.35. The van der Waals surface area contributed by atoms with Crippen LogP contribution < -0.4 is 5.32 Å². The first-order valence-electron chi connectivity index (χ1n) is 7.04. The number of likely N-dealkylation sites (tertiary alicyclic amines) is 1. The Morgan fingerprint density at radius 3 is 2.38 bits per heavy atom. The van der Waals surface area contributed by atoms with Gasteiger partial charge in [0.15, 0.2) is 0 Å². The molecule has 94 valence electrons. The van der Waals surface area contributed by atoms with Crippen molar-refractivity contribution < 1.29 is 0 Å². The number of nitrogens with zero attached hydrogens (tertiary/aromatic N) is 1. The fourth-order valence-corrected chi connectivity index (χ4v) is 3.62. The first-order chi connectivity index (χ1) is 7.58. The molecule has 0 aromatic heterocycles. The Morgan fingerprint density at radius 1 is 0.938 bits per heavy atom. The maximum atomic E-state index is 3.59. The summed E-state index contributed by atoms with van der Waals surface area (Å²) in [6.45, 7) is 13.4. The summed E-state index contributed by atoms with van der Waals surface area (Å²) in [6.07, 6.45) is 2.80. The molecule has 0 spiro atoms. The van der Waals surface area contributed by atoms with Crippen LogP contribution in [0.15, 0.2) is 0 Å². The Labute approximate surface area is 101 Å². The summed E-state index contributed by atoms with van der Waals surface area (Å²) < 4.78 is 0. The lowest BCUT2D eigenvalue weighted by atomic mass is 9.83. The summed E-state index contributed by atoms with van der Waals surface area (Å²) >= 11 is 0. The highest BCUT2D eigenvalue weighted by Gasteiger charge is 2.34. The standard InChI is InChI=1S/C14H28N2/c1-10-6-14(8-15-7-10)16-9-11(2)5-12(3)13(16)4/h10-15H,5-9H2,1-4H3. The molecule has 2 aliphatic heterocycles. The van der Waals surface area contributed by atoms with Crippen molar-refractivity contribution in [1.29, 1.82) is 0 Å². The van der Waals surface area contributed by atoms with Crippen LogP contribution >= 0.6 is 0 Å². The fourth-order valence-electron chi connectivity index (χ4n) is 3.62. The van der Waals surface area contributed by atoms with Crippen molar-refractivity contribution in [3.8, 4) is 0 Å². The van der Waals surface area contributed by atoms with Gasteiger partial charge in [0, 0.05) is 25.2 Å². The van der Waals surface area contributed by atoms with Crippen LogP contribution in [0.25, 0.3) is 0 Å². The van der Waals surface area contributed by atoms with Gasteiger partial charge in [-0.1, -0.05) is 20.8 Å². The van der Waals surface area contributed by atoms with Gasteiger partial charge in [-0.2, -0.15) is 0 Å². The minimum Gasteiger partial charge on any atom is -0.315 e. The van der Waals surface area contributed by atoms with E-state index in [1.165, 1.54) is 32.5 Å². The molecular formula is C14H28N2. The van der Waals surface area contributed by atoms with Crippen LogP contribution in [0.2, 0.25) is 0 Å². The summed E-state index contributed by atoms with van der Waals surface area (Å²) in [4.78, 5) is 2.78. The SMILES string of the molecule is CC1CNCC(N2CC(C)CC(C)C2C)C1. The molecule has 2 saturated heterocycles. The van der Waals surface area contributed by atoms with Gasteiger partial charge in [0.05, 0.1) is 0 Å². The van der Waals surface area contributed by atoms with E-state index in [-0.39, 0.29) is 0 Å². The largest absolute Gasteiger partial charge is 0.315 e. The molecule has 2 aliphatic rings. The molecule has 2 nitrogen and oxygen atoms in total. The number of rotatable bonds is 1. The number of hydrogen-bond acceptors (Lipinski definition) is 2. The third-order valence-corrected chi connectivity index (χ3v) is 4.66. The molecule has 2 rings (SSSR count). The van der Waals surface area contributed by atoms with E-state index in [1.807, 2.05) is 0 Å². The van der Waals surface area contributed by atoms with E-state index >= 15 is 0 Å². The summed E-state index contributed by atoms with van der Waals surface area (Å²) in [5.41, 5.74) is 0. The van der Waals surface area contributed by atoms with Crippen LogP contribution in [-0.4, -0.2) is 36.6 Å². The van der Waals surface area contributed by atoms with E-state index in [4.69, 9.17) is 0 Å². The first-order valence-corrected chi connectivity index (χ1v) is 7.04. The van der Waals surface area contributed by atoms with E-state index in [0.717, 1.165) is 29.8 Å². The van der Waals surface area contributed by atoms with Gasteiger partial charge in [-0.05, 0) is 44.1 Å². The van der Waals surface area contributed by atoms with E-state index in [9.17, 15) is 0 Å². The van der Waals surface area contributed by atoms with Gasteiger partial charge in [-0.3, -0.25) is 4.90 Å². The molecule has 0 aromatic carbocycles. The zero-order valence-corrected chi connectivity index (χ0v) is 11.4. The van der Waals surface area contributed by atoms with Crippen LogP contribution in [-0.2, 0) is 0 Å². The minimum absolute atomic E-state index is 0.772. The van der Waals surface area contributed by atoms with Gasteiger partial charge in [-0.15, -0.1) is 0 Å². The smallest absolute Gasteiger partial charge is 0.0226 e. The van der Waals surface area contributed by atoms with E-state index < -0.39 is 0 Å². The molecule has 0 amide bonds. The summed E-state index contributed by atoms with van der Waals surface area (Å²) in [5.74, 6) is 2.59. The first kappa shape index (κ1) is 12.4. The molecule has 2 heterocycles. The summed E-state index contributed by atoms with van der Waals surface area (Å²) in [7, 11) is 0. The zero-order valence-electron chi connectivity index (χ0n) is 11.4. The molecular weight excluding hydrogens is 196 g/mol. The van der Waals surface area contributed by atoms with Crippen LogP contribution in [0.3, 0.4) is 0 Å². The van der Waals surface area contributed by atoms with Crippen molar-refractivity contribution >= 4 is 0 Å².